The lowest BCUT2D eigenvalue weighted by Gasteiger charge is -2.34. The minimum atomic E-state index is 0.161. The normalized spacial score (nSPS) is 22.3. The predicted molar refractivity (Wildman–Crippen MR) is 89.4 cm³/mol. The predicted octanol–water partition coefficient (Wildman–Crippen LogP) is 3.26. The Hall–Kier alpha value is -1.55. The molecule has 0 radical (unpaired) electrons. The topological polar surface area (TPSA) is 38.8 Å². The molecule has 0 spiro atoms. The molecule has 0 N–H and O–H groups in total. The summed E-state index contributed by atoms with van der Waals surface area (Å²) in [6.07, 6.45) is 6.82. The van der Waals surface area contributed by atoms with Gasteiger partial charge in [0.1, 0.15) is 12.4 Å². The van der Waals surface area contributed by atoms with Crippen LogP contribution < -0.4 is 4.74 Å². The molecule has 1 unspecified atom stereocenters. The Morgan fingerprint density at radius 2 is 1.83 bits per heavy atom. The molecule has 1 aliphatic carbocycles. The number of likely N-dealkylation sites (tertiary alicyclic amines) is 1. The molecule has 1 saturated heterocycles. The molecule has 126 valence electrons. The summed E-state index contributed by atoms with van der Waals surface area (Å²) < 4.78 is 11.6. The van der Waals surface area contributed by atoms with Crippen molar-refractivity contribution in [1.82, 2.24) is 4.90 Å². The molecule has 1 atom stereocenters. The zero-order valence-corrected chi connectivity index (χ0v) is 13.8. The Labute approximate surface area is 138 Å². The number of benzene rings is 1. The molecule has 1 saturated carbocycles. The standard InChI is InChI=1S/C19H27NO3/c21-19(16-7-4-5-8-16)20-12-6-11-18(15-20)23-14-13-22-17-9-2-1-3-10-17/h1-3,9-10,16,18H,4-8,11-15H2. The van der Waals surface area contributed by atoms with Gasteiger partial charge in [-0.2, -0.15) is 0 Å². The molecule has 4 nitrogen and oxygen atoms in total. The maximum Gasteiger partial charge on any atom is 0.225 e. The van der Waals surface area contributed by atoms with Crippen LogP contribution in [0.25, 0.3) is 0 Å². The van der Waals surface area contributed by atoms with Gasteiger partial charge in [-0.15, -0.1) is 0 Å². The molecule has 0 bridgehead atoms. The van der Waals surface area contributed by atoms with Gasteiger partial charge in [0.05, 0.1) is 12.7 Å². The lowest BCUT2D eigenvalue weighted by Crippen LogP contribution is -2.45. The van der Waals surface area contributed by atoms with Crippen molar-refractivity contribution in [2.75, 3.05) is 26.3 Å². The SMILES string of the molecule is O=C(C1CCCC1)N1CCCC(OCCOc2ccccc2)C1. The van der Waals surface area contributed by atoms with E-state index in [0.29, 0.717) is 19.1 Å². The number of ether oxygens (including phenoxy) is 2. The van der Waals surface area contributed by atoms with E-state index in [1.807, 2.05) is 35.2 Å². The lowest BCUT2D eigenvalue weighted by molar-refractivity contribution is -0.139. The second-order valence-corrected chi connectivity index (χ2v) is 6.56. The van der Waals surface area contributed by atoms with Crippen molar-refractivity contribution in [3.8, 4) is 5.75 Å². The molecular weight excluding hydrogens is 290 g/mol. The van der Waals surface area contributed by atoms with Gasteiger partial charge in [-0.3, -0.25) is 4.79 Å². The molecule has 2 aliphatic rings. The zero-order chi connectivity index (χ0) is 15.9. The Balaban J connectivity index is 1.37. The summed E-state index contributed by atoms with van der Waals surface area (Å²) in [6, 6.07) is 9.79. The highest BCUT2D eigenvalue weighted by molar-refractivity contribution is 5.79. The summed E-state index contributed by atoms with van der Waals surface area (Å²) in [4.78, 5) is 14.5. The third-order valence-corrected chi connectivity index (χ3v) is 4.84. The first-order valence-electron chi connectivity index (χ1n) is 8.91. The third kappa shape index (κ3) is 4.71. The van der Waals surface area contributed by atoms with Crippen LogP contribution in [0.3, 0.4) is 0 Å². The van der Waals surface area contributed by atoms with Crippen LogP contribution in [0.15, 0.2) is 30.3 Å². The number of para-hydroxylation sites is 1. The highest BCUT2D eigenvalue weighted by Crippen LogP contribution is 2.28. The third-order valence-electron chi connectivity index (χ3n) is 4.84. The minimum absolute atomic E-state index is 0.161. The van der Waals surface area contributed by atoms with Crippen LogP contribution in [-0.4, -0.2) is 43.2 Å². The van der Waals surface area contributed by atoms with Crippen molar-refractivity contribution in [3.05, 3.63) is 30.3 Å². The Morgan fingerprint density at radius 3 is 2.61 bits per heavy atom. The van der Waals surface area contributed by atoms with E-state index in [2.05, 4.69) is 0 Å². The fourth-order valence-electron chi connectivity index (χ4n) is 3.60. The first kappa shape index (κ1) is 16.3. The van der Waals surface area contributed by atoms with Gasteiger partial charge in [0, 0.05) is 19.0 Å². The van der Waals surface area contributed by atoms with Crippen molar-refractivity contribution >= 4 is 5.91 Å². The average Bonchev–Trinajstić information content (AvgIpc) is 3.14. The molecule has 1 aromatic carbocycles. The molecule has 1 heterocycles. The van der Waals surface area contributed by atoms with E-state index in [4.69, 9.17) is 9.47 Å². The molecule has 1 aliphatic heterocycles. The number of amides is 1. The van der Waals surface area contributed by atoms with Gasteiger partial charge in [0.25, 0.3) is 0 Å². The van der Waals surface area contributed by atoms with Gasteiger partial charge in [-0.05, 0) is 37.8 Å². The number of hydrogen-bond donors (Lipinski definition) is 0. The van der Waals surface area contributed by atoms with Crippen molar-refractivity contribution in [1.29, 1.82) is 0 Å². The van der Waals surface area contributed by atoms with Crippen LogP contribution in [-0.2, 0) is 9.53 Å². The summed E-state index contributed by atoms with van der Waals surface area (Å²) in [7, 11) is 0. The summed E-state index contributed by atoms with van der Waals surface area (Å²) in [5.74, 6) is 1.50. The second-order valence-electron chi connectivity index (χ2n) is 6.56. The van der Waals surface area contributed by atoms with E-state index in [1.165, 1.54) is 12.8 Å². The fourth-order valence-corrected chi connectivity index (χ4v) is 3.60. The van der Waals surface area contributed by atoms with Gasteiger partial charge in [0.15, 0.2) is 0 Å². The van der Waals surface area contributed by atoms with Gasteiger partial charge >= 0.3 is 0 Å². The zero-order valence-electron chi connectivity index (χ0n) is 13.8. The van der Waals surface area contributed by atoms with Gasteiger partial charge in [-0.25, -0.2) is 0 Å². The molecule has 1 amide bonds. The molecule has 0 aromatic heterocycles. The number of hydrogen-bond acceptors (Lipinski definition) is 3. The molecule has 1 aromatic rings. The maximum atomic E-state index is 12.5. The maximum absolute atomic E-state index is 12.5. The summed E-state index contributed by atoms with van der Waals surface area (Å²) in [5, 5.41) is 0. The largest absolute Gasteiger partial charge is 0.491 e. The van der Waals surface area contributed by atoms with Crippen molar-refractivity contribution < 1.29 is 14.3 Å². The fraction of sp³-hybridized carbons (Fsp3) is 0.632. The highest BCUT2D eigenvalue weighted by Gasteiger charge is 2.30. The van der Waals surface area contributed by atoms with E-state index < -0.39 is 0 Å². The lowest BCUT2D eigenvalue weighted by atomic mass is 10.0. The second kappa shape index (κ2) is 8.34. The van der Waals surface area contributed by atoms with Crippen molar-refractivity contribution in [3.63, 3.8) is 0 Å². The smallest absolute Gasteiger partial charge is 0.225 e. The van der Waals surface area contributed by atoms with Crippen LogP contribution in [0, 0.1) is 5.92 Å². The molecule has 3 rings (SSSR count). The highest BCUT2D eigenvalue weighted by atomic mass is 16.5. The van der Waals surface area contributed by atoms with E-state index in [1.54, 1.807) is 0 Å². The summed E-state index contributed by atoms with van der Waals surface area (Å²) >= 11 is 0. The summed E-state index contributed by atoms with van der Waals surface area (Å²) in [6.45, 7) is 2.78. The number of carbonyl (C=O) groups excluding carboxylic acids is 1. The Morgan fingerprint density at radius 1 is 1.04 bits per heavy atom. The first-order valence-corrected chi connectivity index (χ1v) is 8.91. The van der Waals surface area contributed by atoms with E-state index in [0.717, 1.165) is 44.5 Å². The van der Waals surface area contributed by atoms with Crippen LogP contribution in [0.4, 0.5) is 0 Å². The number of piperidine rings is 1. The van der Waals surface area contributed by atoms with E-state index in [-0.39, 0.29) is 12.0 Å². The van der Waals surface area contributed by atoms with Gasteiger partial charge in [-0.1, -0.05) is 31.0 Å². The van der Waals surface area contributed by atoms with Crippen LogP contribution in [0.5, 0.6) is 5.75 Å². The number of rotatable bonds is 6. The quantitative estimate of drug-likeness (QED) is 0.756. The van der Waals surface area contributed by atoms with E-state index in [9.17, 15) is 4.79 Å². The van der Waals surface area contributed by atoms with E-state index >= 15 is 0 Å². The number of nitrogens with zero attached hydrogens (tertiary/aromatic N) is 1. The van der Waals surface area contributed by atoms with Crippen molar-refractivity contribution in [2.45, 2.75) is 44.6 Å². The molecular formula is C19H27NO3. The molecule has 2 fully saturated rings. The monoisotopic (exact) mass is 317 g/mol. The van der Waals surface area contributed by atoms with Gasteiger partial charge < -0.3 is 14.4 Å². The van der Waals surface area contributed by atoms with Crippen LogP contribution >= 0.6 is 0 Å². The number of carbonyl (C=O) groups is 1. The van der Waals surface area contributed by atoms with Crippen LogP contribution in [0.1, 0.15) is 38.5 Å². The summed E-state index contributed by atoms with van der Waals surface area (Å²) in [5.41, 5.74) is 0. The van der Waals surface area contributed by atoms with Gasteiger partial charge in [0.2, 0.25) is 5.91 Å². The first-order chi connectivity index (χ1) is 11.3. The van der Waals surface area contributed by atoms with Crippen LogP contribution in [0.2, 0.25) is 0 Å². The Kier molecular flexibility index (Phi) is 5.92. The molecule has 4 heteroatoms. The molecule has 23 heavy (non-hydrogen) atoms. The minimum Gasteiger partial charge on any atom is -0.491 e. The average molecular weight is 317 g/mol. The Bertz CT molecular complexity index is 485. The van der Waals surface area contributed by atoms with Crippen molar-refractivity contribution in [2.24, 2.45) is 5.92 Å².